The summed E-state index contributed by atoms with van der Waals surface area (Å²) in [6, 6.07) is 18.6. The highest BCUT2D eigenvalue weighted by molar-refractivity contribution is 5.95. The number of rotatable bonds is 5. The normalized spacial score (nSPS) is 20.4. The number of aromatic nitrogens is 1. The Kier molecular flexibility index (Phi) is 7.19. The number of hydrogen-bond donors (Lipinski definition) is 0. The number of carbonyl (C=O) groups excluding carboxylic acids is 1. The van der Waals surface area contributed by atoms with E-state index in [9.17, 15) is 4.79 Å². The molecule has 6 heteroatoms. The molecular weight excluding hydrogens is 424 g/mol. The number of nitrogens with zero attached hydrogens (tertiary/aromatic N) is 4. The molecule has 3 aromatic rings. The van der Waals surface area contributed by atoms with Gasteiger partial charge in [0, 0.05) is 63.0 Å². The van der Waals surface area contributed by atoms with Gasteiger partial charge in [0.2, 0.25) is 0 Å². The number of para-hydroxylation sites is 1. The van der Waals surface area contributed by atoms with Gasteiger partial charge in [-0.1, -0.05) is 42.5 Å². The van der Waals surface area contributed by atoms with E-state index in [2.05, 4.69) is 57.1 Å². The summed E-state index contributed by atoms with van der Waals surface area (Å²) < 4.78 is 5.50. The highest BCUT2D eigenvalue weighted by Crippen LogP contribution is 2.23. The highest BCUT2D eigenvalue weighted by atomic mass is 16.5. The van der Waals surface area contributed by atoms with Gasteiger partial charge in [0.15, 0.2) is 0 Å². The van der Waals surface area contributed by atoms with Crippen LogP contribution in [0.5, 0.6) is 0 Å². The first-order chi connectivity index (χ1) is 16.7. The molecule has 2 fully saturated rings. The second-order valence-electron chi connectivity index (χ2n) is 9.62. The van der Waals surface area contributed by atoms with Gasteiger partial charge in [-0.25, -0.2) is 0 Å². The molecule has 34 heavy (non-hydrogen) atoms. The van der Waals surface area contributed by atoms with Crippen LogP contribution in [0.4, 0.5) is 0 Å². The molecule has 2 saturated heterocycles. The van der Waals surface area contributed by atoms with Gasteiger partial charge in [-0.15, -0.1) is 0 Å². The van der Waals surface area contributed by atoms with Crippen LogP contribution in [0, 0.1) is 5.92 Å². The Labute approximate surface area is 202 Å². The van der Waals surface area contributed by atoms with Crippen LogP contribution in [-0.2, 0) is 17.7 Å². The zero-order valence-electron chi connectivity index (χ0n) is 20.0. The van der Waals surface area contributed by atoms with Gasteiger partial charge in [0.1, 0.15) is 0 Å². The van der Waals surface area contributed by atoms with E-state index >= 15 is 0 Å². The molecule has 6 nitrogen and oxygen atoms in total. The lowest BCUT2D eigenvalue weighted by Crippen LogP contribution is -2.38. The van der Waals surface area contributed by atoms with Crippen LogP contribution in [0.25, 0.3) is 10.9 Å². The summed E-state index contributed by atoms with van der Waals surface area (Å²) in [5, 5.41) is 1.17. The number of amides is 1. The largest absolute Gasteiger partial charge is 0.379 e. The third kappa shape index (κ3) is 5.30. The van der Waals surface area contributed by atoms with Gasteiger partial charge in [0.25, 0.3) is 5.91 Å². The minimum atomic E-state index is 0.153. The lowest BCUT2D eigenvalue weighted by Gasteiger charge is -2.29. The van der Waals surface area contributed by atoms with Crippen molar-refractivity contribution >= 4 is 16.8 Å². The molecule has 0 bridgehead atoms. The van der Waals surface area contributed by atoms with Crippen molar-refractivity contribution in [3.63, 3.8) is 0 Å². The molecule has 0 spiro atoms. The minimum Gasteiger partial charge on any atom is -0.379 e. The van der Waals surface area contributed by atoms with Gasteiger partial charge in [-0.05, 0) is 42.6 Å². The first-order valence-corrected chi connectivity index (χ1v) is 12.4. The van der Waals surface area contributed by atoms with Crippen molar-refractivity contribution in [1.29, 1.82) is 0 Å². The summed E-state index contributed by atoms with van der Waals surface area (Å²) in [6.07, 6.45) is 2.78. The predicted octanol–water partition coefficient (Wildman–Crippen LogP) is 3.31. The Morgan fingerprint density at radius 1 is 0.941 bits per heavy atom. The van der Waals surface area contributed by atoms with E-state index in [4.69, 9.17) is 4.74 Å². The van der Waals surface area contributed by atoms with Crippen molar-refractivity contribution < 1.29 is 9.53 Å². The van der Waals surface area contributed by atoms with Crippen LogP contribution in [0.1, 0.15) is 21.5 Å². The molecular formula is C28H34N4O2. The van der Waals surface area contributed by atoms with Gasteiger partial charge < -0.3 is 14.5 Å². The van der Waals surface area contributed by atoms with Crippen molar-refractivity contribution in [3.8, 4) is 0 Å². The third-order valence-corrected chi connectivity index (χ3v) is 7.06. The quantitative estimate of drug-likeness (QED) is 0.587. The van der Waals surface area contributed by atoms with Crippen molar-refractivity contribution in [1.82, 2.24) is 19.7 Å². The summed E-state index contributed by atoms with van der Waals surface area (Å²) in [7, 11) is 2.16. The summed E-state index contributed by atoms with van der Waals surface area (Å²) in [5.41, 5.74) is 4.29. The van der Waals surface area contributed by atoms with Crippen LogP contribution in [0.15, 0.2) is 60.8 Å². The lowest BCUT2D eigenvalue weighted by molar-refractivity contribution is 0.0340. The van der Waals surface area contributed by atoms with Crippen molar-refractivity contribution in [2.75, 3.05) is 59.5 Å². The molecule has 2 aromatic carbocycles. The number of pyridine rings is 1. The summed E-state index contributed by atoms with van der Waals surface area (Å²) in [6.45, 7) is 7.53. The number of carbonyl (C=O) groups is 1. The Bertz CT molecular complexity index is 1120. The van der Waals surface area contributed by atoms with Crippen molar-refractivity contribution in [2.45, 2.75) is 13.0 Å². The van der Waals surface area contributed by atoms with Crippen molar-refractivity contribution in [3.05, 3.63) is 77.5 Å². The molecule has 1 aromatic heterocycles. The number of benzene rings is 2. The lowest BCUT2D eigenvalue weighted by atomic mass is 9.96. The van der Waals surface area contributed by atoms with Crippen LogP contribution >= 0.6 is 0 Å². The van der Waals surface area contributed by atoms with Crippen molar-refractivity contribution in [2.24, 2.45) is 5.92 Å². The molecule has 0 radical (unpaired) electrons. The van der Waals surface area contributed by atoms with Crippen LogP contribution in [-0.4, -0.2) is 85.1 Å². The van der Waals surface area contributed by atoms with E-state index < -0.39 is 0 Å². The molecule has 0 unspecified atom stereocenters. The van der Waals surface area contributed by atoms with Gasteiger partial charge in [-0.3, -0.25) is 14.7 Å². The third-order valence-electron chi connectivity index (χ3n) is 7.06. The molecule has 0 N–H and O–H groups in total. The fraction of sp³-hybridized carbons (Fsp3) is 0.429. The van der Waals surface area contributed by atoms with E-state index in [0.717, 1.165) is 82.1 Å². The van der Waals surface area contributed by atoms with Crippen LogP contribution in [0.3, 0.4) is 0 Å². The molecule has 3 heterocycles. The molecule has 2 aliphatic heterocycles. The second-order valence-corrected chi connectivity index (χ2v) is 9.62. The smallest absolute Gasteiger partial charge is 0.254 e. The van der Waals surface area contributed by atoms with Gasteiger partial charge in [0.05, 0.1) is 18.7 Å². The summed E-state index contributed by atoms with van der Waals surface area (Å²) >= 11 is 0. The zero-order valence-corrected chi connectivity index (χ0v) is 20.0. The Morgan fingerprint density at radius 3 is 2.62 bits per heavy atom. The standard InChI is InChI=1S/C28H34N4O2/c1-30-12-13-32(20-22(19-30)18-24-8-4-7-23-9-5-11-29-27(23)24)28(33)26-10-3-2-6-25(26)21-31-14-16-34-17-15-31/h2-11,22H,12-21H2,1H3/t22-/m0/s1. The molecule has 1 amide bonds. The maximum absolute atomic E-state index is 13.8. The van der Waals surface area contributed by atoms with Gasteiger partial charge >= 0.3 is 0 Å². The molecule has 0 aliphatic carbocycles. The Morgan fingerprint density at radius 2 is 1.74 bits per heavy atom. The average Bonchev–Trinajstić information content (AvgIpc) is 3.06. The molecule has 2 aliphatic rings. The SMILES string of the molecule is CN1CCN(C(=O)c2ccccc2CN2CCOCC2)C[C@@H](Cc2cccc3cccnc23)C1. The number of morpholine rings is 1. The Hall–Kier alpha value is -2.80. The monoisotopic (exact) mass is 458 g/mol. The van der Waals surface area contributed by atoms with Gasteiger partial charge in [-0.2, -0.15) is 0 Å². The predicted molar refractivity (Wildman–Crippen MR) is 135 cm³/mol. The van der Waals surface area contributed by atoms with E-state index in [1.807, 2.05) is 30.5 Å². The maximum Gasteiger partial charge on any atom is 0.254 e. The second kappa shape index (κ2) is 10.6. The summed E-state index contributed by atoms with van der Waals surface area (Å²) in [4.78, 5) is 25.2. The molecule has 5 rings (SSSR count). The molecule has 0 saturated carbocycles. The maximum atomic E-state index is 13.8. The average molecular weight is 459 g/mol. The summed E-state index contributed by atoms with van der Waals surface area (Å²) in [5.74, 6) is 0.510. The highest BCUT2D eigenvalue weighted by Gasteiger charge is 2.27. The fourth-order valence-electron chi connectivity index (χ4n) is 5.28. The first kappa shape index (κ1) is 23.0. The van der Waals surface area contributed by atoms with E-state index in [1.165, 1.54) is 10.9 Å². The number of fused-ring (bicyclic) bond motifs is 1. The molecule has 1 atom stereocenters. The number of ether oxygens (including phenoxy) is 1. The van der Waals surface area contributed by atoms with E-state index in [1.54, 1.807) is 0 Å². The number of hydrogen-bond acceptors (Lipinski definition) is 5. The Balaban J connectivity index is 1.35. The van der Waals surface area contributed by atoms with E-state index in [-0.39, 0.29) is 5.91 Å². The minimum absolute atomic E-state index is 0.153. The van der Waals surface area contributed by atoms with Crippen LogP contribution < -0.4 is 0 Å². The number of likely N-dealkylation sites (N-methyl/N-ethyl adjacent to an activating group) is 1. The first-order valence-electron chi connectivity index (χ1n) is 12.4. The van der Waals surface area contributed by atoms with Crippen LogP contribution in [0.2, 0.25) is 0 Å². The van der Waals surface area contributed by atoms with E-state index in [0.29, 0.717) is 5.92 Å². The zero-order chi connectivity index (χ0) is 23.3. The topological polar surface area (TPSA) is 48.9 Å². The molecule has 178 valence electrons. The fourth-order valence-corrected chi connectivity index (χ4v) is 5.28.